The molecular formula is C23H22N4OS2. The average Bonchev–Trinajstić information content (AvgIpc) is 3.42. The van der Waals surface area contributed by atoms with Crippen molar-refractivity contribution in [1.29, 1.82) is 0 Å². The van der Waals surface area contributed by atoms with E-state index >= 15 is 0 Å². The van der Waals surface area contributed by atoms with Gasteiger partial charge in [0, 0.05) is 23.5 Å². The summed E-state index contributed by atoms with van der Waals surface area (Å²) in [6.07, 6.45) is 1.64. The molecule has 0 atom stereocenters. The second-order valence-electron chi connectivity index (χ2n) is 6.75. The Morgan fingerprint density at radius 2 is 1.73 bits per heavy atom. The molecule has 0 aliphatic rings. The standard InChI is InChI=1S/C23H22N4OS2/c28-22(24-19-10-5-2-6-11-19)17-30-23-26-25-21(16-20-12-7-15-29-20)27(23)14-13-18-8-3-1-4-9-18/h1-12,15H,13-14,16-17H2,(H,24,28). The fourth-order valence-corrected chi connectivity index (χ4v) is 4.57. The third-order valence-corrected chi connectivity index (χ3v) is 6.41. The van der Waals surface area contributed by atoms with Crippen molar-refractivity contribution in [3.8, 4) is 0 Å². The number of rotatable bonds is 9. The van der Waals surface area contributed by atoms with Crippen LogP contribution in [-0.4, -0.2) is 26.4 Å². The summed E-state index contributed by atoms with van der Waals surface area (Å²) in [5, 5.41) is 14.6. The van der Waals surface area contributed by atoms with Crippen molar-refractivity contribution in [2.24, 2.45) is 0 Å². The van der Waals surface area contributed by atoms with Crippen LogP contribution in [0.2, 0.25) is 0 Å². The van der Waals surface area contributed by atoms with Crippen molar-refractivity contribution < 1.29 is 4.79 Å². The van der Waals surface area contributed by atoms with E-state index in [-0.39, 0.29) is 11.7 Å². The lowest BCUT2D eigenvalue weighted by Crippen LogP contribution is -2.15. The van der Waals surface area contributed by atoms with Crippen LogP contribution in [0.25, 0.3) is 0 Å². The minimum absolute atomic E-state index is 0.0522. The van der Waals surface area contributed by atoms with Gasteiger partial charge in [0.05, 0.1) is 5.75 Å². The van der Waals surface area contributed by atoms with Crippen molar-refractivity contribution in [2.45, 2.75) is 24.5 Å². The SMILES string of the molecule is O=C(CSc1nnc(Cc2cccs2)n1CCc1ccccc1)Nc1ccccc1. The van der Waals surface area contributed by atoms with E-state index in [0.29, 0.717) is 0 Å². The molecule has 0 fully saturated rings. The summed E-state index contributed by atoms with van der Waals surface area (Å²) >= 11 is 3.14. The number of nitrogens with zero attached hydrogens (tertiary/aromatic N) is 3. The van der Waals surface area contributed by atoms with E-state index in [1.54, 1.807) is 11.3 Å². The lowest BCUT2D eigenvalue weighted by Gasteiger charge is -2.10. The summed E-state index contributed by atoms with van der Waals surface area (Å²) in [7, 11) is 0. The molecule has 0 saturated heterocycles. The predicted octanol–water partition coefficient (Wildman–Crippen LogP) is 4.90. The lowest BCUT2D eigenvalue weighted by molar-refractivity contribution is -0.113. The highest BCUT2D eigenvalue weighted by molar-refractivity contribution is 7.99. The third-order valence-electron chi connectivity index (χ3n) is 4.56. The quantitative estimate of drug-likeness (QED) is 0.381. The van der Waals surface area contributed by atoms with E-state index < -0.39 is 0 Å². The lowest BCUT2D eigenvalue weighted by atomic mass is 10.1. The van der Waals surface area contributed by atoms with Gasteiger partial charge in [-0.25, -0.2) is 0 Å². The van der Waals surface area contributed by atoms with Gasteiger partial charge in [0.15, 0.2) is 5.16 Å². The van der Waals surface area contributed by atoms with Crippen LogP contribution in [0.5, 0.6) is 0 Å². The van der Waals surface area contributed by atoms with E-state index in [1.165, 1.54) is 22.2 Å². The number of anilines is 1. The average molecular weight is 435 g/mol. The molecule has 2 aromatic heterocycles. The maximum Gasteiger partial charge on any atom is 0.234 e. The summed E-state index contributed by atoms with van der Waals surface area (Å²) in [4.78, 5) is 13.6. The van der Waals surface area contributed by atoms with Gasteiger partial charge < -0.3 is 9.88 Å². The zero-order chi connectivity index (χ0) is 20.6. The van der Waals surface area contributed by atoms with Crippen molar-refractivity contribution in [3.63, 3.8) is 0 Å². The number of carbonyl (C=O) groups excluding carboxylic acids is 1. The molecule has 1 amide bonds. The first-order valence-electron chi connectivity index (χ1n) is 9.74. The minimum Gasteiger partial charge on any atom is -0.325 e. The number of aryl methyl sites for hydroxylation is 1. The molecule has 0 spiro atoms. The number of para-hydroxylation sites is 1. The van der Waals surface area contributed by atoms with E-state index in [0.717, 1.165) is 36.1 Å². The van der Waals surface area contributed by atoms with Gasteiger partial charge in [-0.15, -0.1) is 21.5 Å². The summed E-state index contributed by atoms with van der Waals surface area (Å²) in [6.45, 7) is 0.778. The van der Waals surface area contributed by atoms with Crippen molar-refractivity contribution in [1.82, 2.24) is 14.8 Å². The van der Waals surface area contributed by atoms with Crippen LogP contribution in [0.4, 0.5) is 5.69 Å². The van der Waals surface area contributed by atoms with Gasteiger partial charge in [0.1, 0.15) is 5.82 Å². The van der Waals surface area contributed by atoms with Gasteiger partial charge in [-0.2, -0.15) is 0 Å². The molecule has 1 N–H and O–H groups in total. The van der Waals surface area contributed by atoms with E-state index in [4.69, 9.17) is 0 Å². The molecule has 0 unspecified atom stereocenters. The Kier molecular flexibility index (Phi) is 6.95. The number of thiophene rings is 1. The van der Waals surface area contributed by atoms with Crippen molar-refractivity contribution >= 4 is 34.7 Å². The molecule has 0 aliphatic carbocycles. The maximum atomic E-state index is 12.4. The van der Waals surface area contributed by atoms with E-state index in [1.807, 2.05) is 42.5 Å². The molecule has 2 aromatic carbocycles. The largest absolute Gasteiger partial charge is 0.325 e. The molecular weight excluding hydrogens is 412 g/mol. The van der Waals surface area contributed by atoms with Gasteiger partial charge in [-0.05, 0) is 35.6 Å². The Balaban J connectivity index is 1.45. The Bertz CT molecular complexity index is 1060. The molecule has 0 radical (unpaired) electrons. The van der Waals surface area contributed by atoms with Crippen molar-refractivity contribution in [3.05, 3.63) is 94.4 Å². The zero-order valence-electron chi connectivity index (χ0n) is 16.4. The number of hydrogen-bond donors (Lipinski definition) is 1. The van der Waals surface area contributed by atoms with E-state index in [2.05, 4.69) is 55.8 Å². The molecule has 2 heterocycles. The molecule has 30 heavy (non-hydrogen) atoms. The Morgan fingerprint density at radius 3 is 2.47 bits per heavy atom. The van der Waals surface area contributed by atoms with Crippen LogP contribution in [0.15, 0.2) is 83.3 Å². The Hall–Kier alpha value is -2.90. The number of thioether (sulfide) groups is 1. The van der Waals surface area contributed by atoms with Crippen LogP contribution in [-0.2, 0) is 24.2 Å². The highest BCUT2D eigenvalue weighted by Crippen LogP contribution is 2.21. The van der Waals surface area contributed by atoms with Crippen molar-refractivity contribution in [2.75, 3.05) is 11.1 Å². The van der Waals surface area contributed by atoms with Crippen LogP contribution in [0.1, 0.15) is 16.3 Å². The number of hydrogen-bond acceptors (Lipinski definition) is 5. The van der Waals surface area contributed by atoms with Gasteiger partial charge in [-0.1, -0.05) is 66.4 Å². The summed E-state index contributed by atoms with van der Waals surface area (Å²) in [6, 6.07) is 24.0. The highest BCUT2D eigenvalue weighted by Gasteiger charge is 2.15. The van der Waals surface area contributed by atoms with Gasteiger partial charge in [-0.3, -0.25) is 4.79 Å². The maximum absolute atomic E-state index is 12.4. The number of nitrogens with one attached hydrogen (secondary N) is 1. The van der Waals surface area contributed by atoms with Crippen LogP contribution in [0.3, 0.4) is 0 Å². The molecule has 7 heteroatoms. The highest BCUT2D eigenvalue weighted by atomic mass is 32.2. The normalized spacial score (nSPS) is 10.8. The first kappa shape index (κ1) is 20.4. The molecule has 4 aromatic rings. The zero-order valence-corrected chi connectivity index (χ0v) is 18.0. The molecule has 5 nitrogen and oxygen atoms in total. The number of carbonyl (C=O) groups is 1. The van der Waals surface area contributed by atoms with Crippen LogP contribution in [0, 0.1) is 0 Å². The molecule has 0 aliphatic heterocycles. The summed E-state index contributed by atoms with van der Waals surface area (Å²) in [5.41, 5.74) is 2.07. The second kappa shape index (κ2) is 10.2. The molecule has 0 saturated carbocycles. The smallest absolute Gasteiger partial charge is 0.234 e. The van der Waals surface area contributed by atoms with Gasteiger partial charge in [0.25, 0.3) is 0 Å². The molecule has 152 valence electrons. The fourth-order valence-electron chi connectivity index (χ4n) is 3.08. The number of aromatic nitrogens is 3. The topological polar surface area (TPSA) is 59.8 Å². The van der Waals surface area contributed by atoms with Crippen LogP contribution < -0.4 is 5.32 Å². The second-order valence-corrected chi connectivity index (χ2v) is 8.72. The number of amides is 1. The summed E-state index contributed by atoms with van der Waals surface area (Å²) in [5.74, 6) is 1.17. The number of benzene rings is 2. The van der Waals surface area contributed by atoms with Crippen LogP contribution >= 0.6 is 23.1 Å². The Labute approximate surface area is 184 Å². The fraction of sp³-hybridized carbons (Fsp3) is 0.174. The Morgan fingerprint density at radius 1 is 0.967 bits per heavy atom. The minimum atomic E-state index is -0.0522. The third kappa shape index (κ3) is 5.58. The molecule has 4 rings (SSSR count). The first-order chi connectivity index (χ1) is 14.8. The van der Waals surface area contributed by atoms with Gasteiger partial charge >= 0.3 is 0 Å². The summed E-state index contributed by atoms with van der Waals surface area (Å²) < 4.78 is 2.15. The first-order valence-corrected chi connectivity index (χ1v) is 11.6. The predicted molar refractivity (Wildman–Crippen MR) is 123 cm³/mol. The van der Waals surface area contributed by atoms with E-state index in [9.17, 15) is 4.79 Å². The molecule has 0 bridgehead atoms. The van der Waals surface area contributed by atoms with Gasteiger partial charge in [0.2, 0.25) is 5.91 Å². The monoisotopic (exact) mass is 434 g/mol.